The fourth-order valence-corrected chi connectivity index (χ4v) is 6.42. The van der Waals surface area contributed by atoms with Crippen LogP contribution in [0.1, 0.15) is 181 Å². The highest BCUT2D eigenvalue weighted by atomic mass is 31.2. The van der Waals surface area contributed by atoms with E-state index in [1.165, 1.54) is 116 Å². The van der Waals surface area contributed by atoms with Crippen LogP contribution >= 0.6 is 7.82 Å². The molecular formula is C42H82NO7P. The van der Waals surface area contributed by atoms with Crippen LogP contribution in [0.3, 0.4) is 0 Å². The van der Waals surface area contributed by atoms with Gasteiger partial charge in [0.15, 0.2) is 0 Å². The van der Waals surface area contributed by atoms with Crippen molar-refractivity contribution in [3.8, 4) is 0 Å². The number of ether oxygens (including phenoxy) is 2. The number of hydrogen-bond donors (Lipinski definition) is 0. The van der Waals surface area contributed by atoms with Gasteiger partial charge in [0.1, 0.15) is 19.3 Å². The van der Waals surface area contributed by atoms with Crippen molar-refractivity contribution in [2.75, 3.05) is 54.1 Å². The number of hydrogen-bond acceptors (Lipinski definition) is 7. The molecule has 302 valence electrons. The summed E-state index contributed by atoms with van der Waals surface area (Å²) in [6, 6.07) is 0. The van der Waals surface area contributed by atoms with E-state index in [4.69, 9.17) is 18.5 Å². The number of carbonyl (C=O) groups is 1. The molecule has 8 nitrogen and oxygen atoms in total. The molecule has 0 N–H and O–H groups in total. The van der Waals surface area contributed by atoms with Gasteiger partial charge in [-0.2, -0.15) is 0 Å². The van der Waals surface area contributed by atoms with Gasteiger partial charge in [0.05, 0.1) is 34.4 Å². The third-order valence-electron chi connectivity index (χ3n) is 9.01. The zero-order valence-corrected chi connectivity index (χ0v) is 35.0. The highest BCUT2D eigenvalue weighted by Gasteiger charge is 2.20. The van der Waals surface area contributed by atoms with Gasteiger partial charge in [0.2, 0.25) is 0 Å². The van der Waals surface area contributed by atoms with Crippen molar-refractivity contribution in [2.45, 2.75) is 187 Å². The Kier molecular flexibility index (Phi) is 35.3. The van der Waals surface area contributed by atoms with Crippen molar-refractivity contribution in [2.24, 2.45) is 0 Å². The van der Waals surface area contributed by atoms with Crippen LogP contribution in [0, 0.1) is 0 Å². The number of phosphoric acid groups is 1. The summed E-state index contributed by atoms with van der Waals surface area (Å²) in [6.45, 7) is 5.39. The van der Waals surface area contributed by atoms with Crippen LogP contribution < -0.4 is 4.89 Å². The summed E-state index contributed by atoms with van der Waals surface area (Å²) in [5, 5.41) is 0. The fraction of sp³-hybridized carbons (Fsp3) is 0.881. The molecule has 0 spiro atoms. The SMILES string of the molecule is CCCCC/C=C\C/C=C\CCCCCCCCCC(=O)OC(COCCCCCCCCCCCCCC)COP(=O)([O-])OCC[N+](C)(C)C. The quantitative estimate of drug-likeness (QED) is 0.0203. The maximum absolute atomic E-state index is 12.6. The molecule has 0 bridgehead atoms. The van der Waals surface area contributed by atoms with Gasteiger partial charge in [-0.1, -0.05) is 154 Å². The van der Waals surface area contributed by atoms with Crippen molar-refractivity contribution >= 4 is 13.8 Å². The van der Waals surface area contributed by atoms with Gasteiger partial charge < -0.3 is 27.9 Å². The van der Waals surface area contributed by atoms with Gasteiger partial charge >= 0.3 is 5.97 Å². The molecule has 0 aliphatic carbocycles. The Bertz CT molecular complexity index is 874. The number of esters is 1. The third-order valence-corrected chi connectivity index (χ3v) is 9.97. The molecule has 0 aromatic rings. The molecule has 0 saturated carbocycles. The van der Waals surface area contributed by atoms with Crippen LogP contribution in [0.25, 0.3) is 0 Å². The summed E-state index contributed by atoms with van der Waals surface area (Å²) in [6.07, 6.45) is 38.9. The predicted octanol–water partition coefficient (Wildman–Crippen LogP) is 11.4. The first-order chi connectivity index (χ1) is 24.6. The molecule has 0 fully saturated rings. The lowest BCUT2D eigenvalue weighted by molar-refractivity contribution is -0.870. The molecule has 0 aliphatic heterocycles. The van der Waals surface area contributed by atoms with E-state index in [0.717, 1.165) is 44.9 Å². The molecule has 0 saturated heterocycles. The molecule has 0 heterocycles. The van der Waals surface area contributed by atoms with Crippen LogP contribution in [0.15, 0.2) is 24.3 Å². The van der Waals surface area contributed by atoms with E-state index in [1.807, 2.05) is 21.1 Å². The number of carbonyl (C=O) groups excluding carboxylic acids is 1. The number of likely N-dealkylation sites (N-methyl/N-ethyl adjacent to an activating group) is 1. The second kappa shape index (κ2) is 36.0. The Morgan fingerprint density at radius 3 is 1.63 bits per heavy atom. The smallest absolute Gasteiger partial charge is 0.306 e. The van der Waals surface area contributed by atoms with E-state index in [0.29, 0.717) is 24.1 Å². The average molecular weight is 744 g/mol. The third kappa shape index (κ3) is 40.0. The Morgan fingerprint density at radius 1 is 0.608 bits per heavy atom. The second-order valence-electron chi connectivity index (χ2n) is 15.4. The van der Waals surface area contributed by atoms with Gasteiger partial charge in [-0.25, -0.2) is 0 Å². The molecule has 0 aliphatic rings. The van der Waals surface area contributed by atoms with E-state index < -0.39 is 13.9 Å². The Hall–Kier alpha value is -1.02. The normalized spacial score (nSPS) is 14.1. The number of nitrogens with zero attached hydrogens (tertiary/aromatic N) is 1. The van der Waals surface area contributed by atoms with Crippen LogP contribution in [0.4, 0.5) is 0 Å². The first-order valence-electron chi connectivity index (χ1n) is 21.1. The summed E-state index contributed by atoms with van der Waals surface area (Å²) in [5.41, 5.74) is 0. The zero-order chi connectivity index (χ0) is 37.7. The molecule has 0 radical (unpaired) electrons. The molecule has 0 aromatic heterocycles. The van der Waals surface area contributed by atoms with Gasteiger partial charge in [-0.3, -0.25) is 9.36 Å². The highest BCUT2D eigenvalue weighted by molar-refractivity contribution is 7.45. The predicted molar refractivity (Wildman–Crippen MR) is 213 cm³/mol. The van der Waals surface area contributed by atoms with E-state index in [1.54, 1.807) is 0 Å². The molecule has 51 heavy (non-hydrogen) atoms. The topological polar surface area (TPSA) is 94.1 Å². The monoisotopic (exact) mass is 744 g/mol. The Labute approximate surface area is 315 Å². The molecular weight excluding hydrogens is 661 g/mol. The number of phosphoric ester groups is 1. The van der Waals surface area contributed by atoms with Gasteiger partial charge in [-0.15, -0.1) is 0 Å². The molecule has 2 unspecified atom stereocenters. The minimum atomic E-state index is -4.52. The number of quaternary nitrogens is 1. The molecule has 0 amide bonds. The molecule has 9 heteroatoms. The number of allylic oxidation sites excluding steroid dienone is 4. The minimum Gasteiger partial charge on any atom is -0.756 e. The van der Waals surface area contributed by atoms with E-state index in [-0.39, 0.29) is 25.8 Å². The van der Waals surface area contributed by atoms with Crippen molar-refractivity contribution in [1.82, 2.24) is 0 Å². The minimum absolute atomic E-state index is 0.0262. The molecule has 0 aromatic carbocycles. The van der Waals surface area contributed by atoms with E-state index in [9.17, 15) is 14.3 Å². The van der Waals surface area contributed by atoms with Crippen LogP contribution in [-0.2, 0) is 27.9 Å². The lowest BCUT2D eigenvalue weighted by atomic mass is 10.1. The molecule has 2 atom stereocenters. The Morgan fingerprint density at radius 2 is 1.08 bits per heavy atom. The van der Waals surface area contributed by atoms with Crippen LogP contribution in [0.5, 0.6) is 0 Å². The first-order valence-corrected chi connectivity index (χ1v) is 22.5. The summed E-state index contributed by atoms with van der Waals surface area (Å²) in [4.78, 5) is 25.0. The maximum Gasteiger partial charge on any atom is 0.306 e. The summed E-state index contributed by atoms with van der Waals surface area (Å²) in [7, 11) is 1.35. The van der Waals surface area contributed by atoms with Crippen molar-refractivity contribution in [3.05, 3.63) is 24.3 Å². The van der Waals surface area contributed by atoms with Gasteiger partial charge in [0.25, 0.3) is 7.82 Å². The van der Waals surface area contributed by atoms with Gasteiger partial charge in [0, 0.05) is 13.0 Å². The van der Waals surface area contributed by atoms with Gasteiger partial charge in [-0.05, 0) is 44.9 Å². The summed E-state index contributed by atoms with van der Waals surface area (Å²) < 4.78 is 34.5. The van der Waals surface area contributed by atoms with Crippen LogP contribution in [0.2, 0.25) is 0 Å². The maximum atomic E-state index is 12.6. The van der Waals surface area contributed by atoms with Crippen molar-refractivity contribution < 1.29 is 37.3 Å². The largest absolute Gasteiger partial charge is 0.756 e. The number of unbranched alkanes of at least 4 members (excludes halogenated alkanes) is 21. The lowest BCUT2D eigenvalue weighted by Gasteiger charge is -2.28. The van der Waals surface area contributed by atoms with E-state index >= 15 is 0 Å². The standard InChI is InChI=1S/C42H82NO7P/c1-6-8-10-12-14-16-18-20-21-22-23-24-25-27-29-31-33-35-42(44)50-41(40-49-51(45,46)48-38-36-43(3,4)5)39-47-37-34-32-30-28-26-19-17-15-13-11-9-7-2/h14,16,20-21,41H,6-13,15,17-19,22-40H2,1-5H3/b16-14-,21-20-. The highest BCUT2D eigenvalue weighted by Crippen LogP contribution is 2.38. The zero-order valence-electron chi connectivity index (χ0n) is 34.1. The van der Waals surface area contributed by atoms with Crippen molar-refractivity contribution in [3.63, 3.8) is 0 Å². The molecule has 0 rings (SSSR count). The van der Waals surface area contributed by atoms with E-state index in [2.05, 4.69) is 38.2 Å². The Balaban J connectivity index is 4.25. The fourth-order valence-electron chi connectivity index (χ4n) is 5.69. The lowest BCUT2D eigenvalue weighted by Crippen LogP contribution is -2.37. The average Bonchev–Trinajstić information content (AvgIpc) is 3.08. The number of rotatable bonds is 39. The second-order valence-corrected chi connectivity index (χ2v) is 16.8. The van der Waals surface area contributed by atoms with Crippen LogP contribution in [-0.4, -0.2) is 70.7 Å². The van der Waals surface area contributed by atoms with Crippen molar-refractivity contribution in [1.29, 1.82) is 0 Å². The first kappa shape index (κ1) is 50.0. The summed E-state index contributed by atoms with van der Waals surface area (Å²) in [5.74, 6) is -0.341. The summed E-state index contributed by atoms with van der Waals surface area (Å²) >= 11 is 0.